The van der Waals surface area contributed by atoms with Crippen LogP contribution in [-0.2, 0) is 18.0 Å². The molecular weight excluding hydrogens is 344 g/mol. The monoisotopic (exact) mass is 362 g/mol. The van der Waals surface area contributed by atoms with Crippen molar-refractivity contribution in [3.63, 3.8) is 0 Å². The van der Waals surface area contributed by atoms with Crippen LogP contribution in [0, 0.1) is 0 Å². The van der Waals surface area contributed by atoms with Gasteiger partial charge in [0, 0.05) is 11.6 Å². The second-order valence-corrected chi connectivity index (χ2v) is 6.19. The summed E-state index contributed by atoms with van der Waals surface area (Å²) >= 11 is 0. The van der Waals surface area contributed by atoms with Crippen LogP contribution in [0.15, 0.2) is 72.8 Å². The molecule has 136 valence electrons. The van der Waals surface area contributed by atoms with Crippen LogP contribution < -0.4 is 9.47 Å². The Kier molecular flexibility index (Phi) is 4.77. The first kappa shape index (κ1) is 17.1. The highest BCUT2D eigenvalue weighted by atomic mass is 16.6. The van der Waals surface area contributed by atoms with E-state index in [2.05, 4.69) is 0 Å². The zero-order chi connectivity index (χ0) is 18.6. The van der Waals surface area contributed by atoms with Gasteiger partial charge < -0.3 is 19.3 Å². The maximum atomic E-state index is 12.1. The summed E-state index contributed by atoms with van der Waals surface area (Å²) in [5.74, 6) is 0.231. The largest absolute Gasteiger partial charge is 0.489 e. The molecule has 1 aliphatic rings. The fourth-order valence-corrected chi connectivity index (χ4v) is 2.92. The molecule has 0 fully saturated rings. The SMILES string of the molecule is O=C1OC(O)c2cc(OCc3ccccc3)cc(OCc3ccccc3)c21. The fourth-order valence-electron chi connectivity index (χ4n) is 2.92. The molecule has 27 heavy (non-hydrogen) atoms. The minimum Gasteiger partial charge on any atom is -0.489 e. The molecule has 1 heterocycles. The van der Waals surface area contributed by atoms with Crippen molar-refractivity contribution < 1.29 is 24.1 Å². The van der Waals surface area contributed by atoms with Crippen LogP contribution in [0.1, 0.15) is 33.3 Å². The molecule has 1 unspecified atom stereocenters. The van der Waals surface area contributed by atoms with Crippen LogP contribution in [0.3, 0.4) is 0 Å². The molecule has 0 radical (unpaired) electrons. The second-order valence-electron chi connectivity index (χ2n) is 6.19. The van der Waals surface area contributed by atoms with Gasteiger partial charge in [-0.2, -0.15) is 0 Å². The summed E-state index contributed by atoms with van der Waals surface area (Å²) in [6.07, 6.45) is -1.31. The van der Waals surface area contributed by atoms with E-state index in [1.54, 1.807) is 12.1 Å². The van der Waals surface area contributed by atoms with Gasteiger partial charge in [0.1, 0.15) is 30.3 Å². The topological polar surface area (TPSA) is 65.0 Å². The molecule has 0 saturated carbocycles. The number of aliphatic hydroxyl groups is 1. The molecule has 1 aliphatic heterocycles. The van der Waals surface area contributed by atoms with Gasteiger partial charge in [-0.05, 0) is 17.2 Å². The Morgan fingerprint density at radius 3 is 2.07 bits per heavy atom. The van der Waals surface area contributed by atoms with Gasteiger partial charge in [-0.15, -0.1) is 0 Å². The molecule has 0 aliphatic carbocycles. The number of aliphatic hydroxyl groups excluding tert-OH is 1. The quantitative estimate of drug-likeness (QED) is 0.671. The number of carbonyl (C=O) groups is 1. The molecule has 0 spiro atoms. The summed E-state index contributed by atoms with van der Waals surface area (Å²) in [6.45, 7) is 0.654. The number of hydrogen-bond donors (Lipinski definition) is 1. The second kappa shape index (κ2) is 7.51. The van der Waals surface area contributed by atoms with Crippen LogP contribution >= 0.6 is 0 Å². The molecular formula is C22H18O5. The van der Waals surface area contributed by atoms with Gasteiger partial charge in [0.25, 0.3) is 0 Å². The molecule has 1 atom stereocenters. The third-order valence-electron chi connectivity index (χ3n) is 4.28. The van der Waals surface area contributed by atoms with Gasteiger partial charge in [-0.3, -0.25) is 0 Å². The number of fused-ring (bicyclic) bond motifs is 1. The average Bonchev–Trinajstić information content (AvgIpc) is 3.00. The van der Waals surface area contributed by atoms with Crippen molar-refractivity contribution in [3.05, 3.63) is 95.1 Å². The van der Waals surface area contributed by atoms with E-state index in [9.17, 15) is 9.90 Å². The fraction of sp³-hybridized carbons (Fsp3) is 0.136. The van der Waals surface area contributed by atoms with Gasteiger partial charge >= 0.3 is 5.97 Å². The van der Waals surface area contributed by atoms with Crippen LogP contribution in [0.25, 0.3) is 0 Å². The summed E-state index contributed by atoms with van der Waals surface area (Å²) in [7, 11) is 0. The zero-order valence-electron chi connectivity index (χ0n) is 14.5. The normalized spacial score (nSPS) is 15.1. The first-order valence-corrected chi connectivity index (χ1v) is 8.61. The predicted octanol–water partition coefficient (Wildman–Crippen LogP) is 4.01. The molecule has 4 rings (SSSR count). The van der Waals surface area contributed by atoms with Gasteiger partial charge in [-0.25, -0.2) is 4.79 Å². The number of cyclic esters (lactones) is 1. The van der Waals surface area contributed by atoms with E-state index in [0.717, 1.165) is 11.1 Å². The standard InChI is InChI=1S/C22H18O5/c23-21-18-11-17(25-13-15-7-3-1-4-8-15)12-19(20(18)22(24)27-21)26-14-16-9-5-2-6-10-16/h1-12,21,23H,13-14H2. The number of hydrogen-bond acceptors (Lipinski definition) is 5. The molecule has 0 amide bonds. The van der Waals surface area contributed by atoms with Gasteiger partial charge in [0.15, 0.2) is 0 Å². The molecule has 5 nitrogen and oxygen atoms in total. The molecule has 0 aromatic heterocycles. The van der Waals surface area contributed by atoms with Crippen molar-refractivity contribution in [1.82, 2.24) is 0 Å². The zero-order valence-corrected chi connectivity index (χ0v) is 14.5. The van der Waals surface area contributed by atoms with Crippen LogP contribution in [0.2, 0.25) is 0 Å². The predicted molar refractivity (Wildman–Crippen MR) is 98.4 cm³/mol. The highest BCUT2D eigenvalue weighted by molar-refractivity contribution is 5.97. The van der Waals surface area contributed by atoms with Crippen molar-refractivity contribution in [3.8, 4) is 11.5 Å². The summed E-state index contributed by atoms with van der Waals surface area (Å²) in [4.78, 5) is 12.1. The van der Waals surface area contributed by atoms with Crippen molar-refractivity contribution in [2.24, 2.45) is 0 Å². The summed E-state index contributed by atoms with van der Waals surface area (Å²) in [6, 6.07) is 22.6. The van der Waals surface area contributed by atoms with E-state index >= 15 is 0 Å². The average molecular weight is 362 g/mol. The molecule has 1 N–H and O–H groups in total. The van der Waals surface area contributed by atoms with Crippen molar-refractivity contribution in [1.29, 1.82) is 0 Å². The van der Waals surface area contributed by atoms with E-state index in [4.69, 9.17) is 14.2 Å². The lowest BCUT2D eigenvalue weighted by Gasteiger charge is -2.13. The first-order chi connectivity index (χ1) is 13.2. The highest BCUT2D eigenvalue weighted by Crippen LogP contribution is 2.39. The molecule has 5 heteroatoms. The van der Waals surface area contributed by atoms with Crippen molar-refractivity contribution in [2.45, 2.75) is 19.5 Å². The molecule has 3 aromatic rings. The maximum Gasteiger partial charge on any atom is 0.345 e. The van der Waals surface area contributed by atoms with E-state index in [-0.39, 0.29) is 5.56 Å². The Hall–Kier alpha value is -3.31. The summed E-state index contributed by atoms with van der Waals surface area (Å²) in [5, 5.41) is 10.0. The van der Waals surface area contributed by atoms with E-state index < -0.39 is 12.3 Å². The number of carbonyl (C=O) groups excluding carboxylic acids is 1. The molecule has 0 saturated heterocycles. The highest BCUT2D eigenvalue weighted by Gasteiger charge is 2.34. The number of esters is 1. The Labute approximate surface area is 156 Å². The minimum atomic E-state index is -1.31. The van der Waals surface area contributed by atoms with Crippen molar-refractivity contribution >= 4 is 5.97 Å². The summed E-state index contributed by atoms with van der Waals surface area (Å²) < 4.78 is 16.6. The lowest BCUT2D eigenvalue weighted by Crippen LogP contribution is -2.03. The Balaban J connectivity index is 1.59. The smallest absolute Gasteiger partial charge is 0.345 e. The van der Waals surface area contributed by atoms with Crippen molar-refractivity contribution in [2.75, 3.05) is 0 Å². The Morgan fingerprint density at radius 2 is 1.44 bits per heavy atom. The first-order valence-electron chi connectivity index (χ1n) is 8.61. The van der Waals surface area contributed by atoms with Gasteiger partial charge in [0.05, 0.1) is 0 Å². The van der Waals surface area contributed by atoms with Crippen LogP contribution in [-0.4, -0.2) is 11.1 Å². The van der Waals surface area contributed by atoms with Gasteiger partial charge in [0.2, 0.25) is 6.29 Å². The third kappa shape index (κ3) is 3.78. The van der Waals surface area contributed by atoms with Crippen LogP contribution in [0.5, 0.6) is 11.5 Å². The molecule has 0 bridgehead atoms. The van der Waals surface area contributed by atoms with Gasteiger partial charge in [-0.1, -0.05) is 60.7 Å². The van der Waals surface area contributed by atoms with E-state index in [1.807, 2.05) is 60.7 Å². The van der Waals surface area contributed by atoms with E-state index in [0.29, 0.717) is 30.3 Å². The lowest BCUT2D eigenvalue weighted by atomic mass is 10.1. The Bertz CT molecular complexity index is 938. The number of ether oxygens (including phenoxy) is 3. The maximum absolute atomic E-state index is 12.1. The Morgan fingerprint density at radius 1 is 0.852 bits per heavy atom. The van der Waals surface area contributed by atoms with Crippen LogP contribution in [0.4, 0.5) is 0 Å². The molecule has 3 aromatic carbocycles. The third-order valence-corrected chi connectivity index (χ3v) is 4.28. The lowest BCUT2D eigenvalue weighted by molar-refractivity contribution is -0.0548. The summed E-state index contributed by atoms with van der Waals surface area (Å²) in [5.41, 5.74) is 2.57. The van der Waals surface area contributed by atoms with E-state index in [1.165, 1.54) is 0 Å². The minimum absolute atomic E-state index is 0.241. The number of rotatable bonds is 6. The number of benzene rings is 3.